The van der Waals surface area contributed by atoms with Crippen LogP contribution in [-0.2, 0) is 19.6 Å². The zero-order valence-electron chi connectivity index (χ0n) is 13.8. The quantitative estimate of drug-likeness (QED) is 0.753. The Morgan fingerprint density at radius 2 is 1.70 bits per heavy atom. The monoisotopic (exact) mass is 341 g/mol. The SMILES string of the molecule is Cc1ccccc1N(CC(=O)NNC(=O)CC(C)C)S(C)(=O)=O. The molecule has 0 atom stereocenters. The summed E-state index contributed by atoms with van der Waals surface area (Å²) >= 11 is 0. The lowest BCUT2D eigenvalue weighted by Crippen LogP contribution is -2.48. The van der Waals surface area contributed by atoms with E-state index in [9.17, 15) is 18.0 Å². The van der Waals surface area contributed by atoms with Gasteiger partial charge in [0.05, 0.1) is 11.9 Å². The van der Waals surface area contributed by atoms with Crippen molar-refractivity contribution in [1.82, 2.24) is 10.9 Å². The molecule has 0 fully saturated rings. The van der Waals surface area contributed by atoms with E-state index in [1.807, 2.05) is 13.8 Å². The lowest BCUT2D eigenvalue weighted by molar-refractivity contribution is -0.128. The number of nitrogens with one attached hydrogen (secondary N) is 2. The third-order valence-electron chi connectivity index (χ3n) is 3.01. The molecule has 0 aliphatic carbocycles. The van der Waals surface area contributed by atoms with Crippen LogP contribution in [0.15, 0.2) is 24.3 Å². The van der Waals surface area contributed by atoms with E-state index in [1.54, 1.807) is 31.2 Å². The maximum Gasteiger partial charge on any atom is 0.259 e. The molecular weight excluding hydrogens is 318 g/mol. The van der Waals surface area contributed by atoms with Gasteiger partial charge in [-0.05, 0) is 24.5 Å². The van der Waals surface area contributed by atoms with E-state index >= 15 is 0 Å². The largest absolute Gasteiger partial charge is 0.273 e. The first-order valence-corrected chi connectivity index (χ1v) is 9.07. The summed E-state index contributed by atoms with van der Waals surface area (Å²) in [5, 5.41) is 0. The summed E-state index contributed by atoms with van der Waals surface area (Å²) in [5.41, 5.74) is 5.67. The average Bonchev–Trinajstić information content (AvgIpc) is 2.41. The van der Waals surface area contributed by atoms with Crippen molar-refractivity contribution in [3.63, 3.8) is 0 Å². The van der Waals surface area contributed by atoms with Crippen molar-refractivity contribution in [3.8, 4) is 0 Å². The van der Waals surface area contributed by atoms with Gasteiger partial charge in [-0.25, -0.2) is 8.42 Å². The highest BCUT2D eigenvalue weighted by Gasteiger charge is 2.22. The lowest BCUT2D eigenvalue weighted by Gasteiger charge is -2.23. The highest BCUT2D eigenvalue weighted by molar-refractivity contribution is 7.92. The van der Waals surface area contributed by atoms with E-state index in [2.05, 4.69) is 10.9 Å². The minimum absolute atomic E-state index is 0.159. The minimum atomic E-state index is -3.63. The van der Waals surface area contributed by atoms with Crippen LogP contribution in [0.4, 0.5) is 5.69 Å². The van der Waals surface area contributed by atoms with Crippen molar-refractivity contribution in [1.29, 1.82) is 0 Å². The third kappa shape index (κ3) is 6.27. The van der Waals surface area contributed by atoms with Crippen molar-refractivity contribution in [3.05, 3.63) is 29.8 Å². The van der Waals surface area contributed by atoms with Crippen LogP contribution in [-0.4, -0.2) is 33.0 Å². The maximum absolute atomic E-state index is 12.0. The van der Waals surface area contributed by atoms with Gasteiger partial charge in [-0.3, -0.25) is 24.7 Å². The number of carbonyl (C=O) groups excluding carboxylic acids is 2. The number of anilines is 1. The molecule has 0 aromatic heterocycles. The third-order valence-corrected chi connectivity index (χ3v) is 4.13. The summed E-state index contributed by atoms with van der Waals surface area (Å²) in [7, 11) is -3.63. The fourth-order valence-corrected chi connectivity index (χ4v) is 2.87. The summed E-state index contributed by atoms with van der Waals surface area (Å²) in [6.07, 6.45) is 1.30. The van der Waals surface area contributed by atoms with E-state index in [0.29, 0.717) is 5.69 Å². The Hall–Kier alpha value is -2.09. The van der Waals surface area contributed by atoms with Crippen LogP contribution in [0.25, 0.3) is 0 Å². The number of para-hydroxylation sites is 1. The zero-order valence-corrected chi connectivity index (χ0v) is 14.6. The van der Waals surface area contributed by atoms with Crippen molar-refractivity contribution in [2.75, 3.05) is 17.1 Å². The number of benzene rings is 1. The number of carbonyl (C=O) groups is 2. The molecule has 0 saturated heterocycles. The second-order valence-electron chi connectivity index (χ2n) is 5.75. The highest BCUT2D eigenvalue weighted by Crippen LogP contribution is 2.21. The Bertz CT molecular complexity index is 671. The van der Waals surface area contributed by atoms with Crippen LogP contribution in [0.2, 0.25) is 0 Å². The molecule has 0 aliphatic rings. The lowest BCUT2D eigenvalue weighted by atomic mass is 10.1. The molecular formula is C15H23N3O4S. The molecule has 0 saturated carbocycles. The zero-order chi connectivity index (χ0) is 17.6. The summed E-state index contributed by atoms with van der Waals surface area (Å²) in [4.78, 5) is 23.5. The number of hydrogen-bond acceptors (Lipinski definition) is 4. The Balaban J connectivity index is 2.78. The molecule has 1 aromatic carbocycles. The van der Waals surface area contributed by atoms with E-state index in [4.69, 9.17) is 0 Å². The molecule has 2 amide bonds. The van der Waals surface area contributed by atoms with Crippen molar-refractivity contribution < 1.29 is 18.0 Å². The van der Waals surface area contributed by atoms with E-state index in [1.165, 1.54) is 0 Å². The van der Waals surface area contributed by atoms with Gasteiger partial charge in [-0.2, -0.15) is 0 Å². The number of hydrogen-bond donors (Lipinski definition) is 2. The molecule has 0 aliphatic heterocycles. The van der Waals surface area contributed by atoms with Crippen LogP contribution in [0, 0.1) is 12.8 Å². The summed E-state index contributed by atoms with van der Waals surface area (Å²) in [6.45, 7) is 5.11. The van der Waals surface area contributed by atoms with Gasteiger partial charge in [-0.15, -0.1) is 0 Å². The summed E-state index contributed by atoms with van der Waals surface area (Å²) in [6, 6.07) is 6.87. The van der Waals surface area contributed by atoms with Gasteiger partial charge in [-0.1, -0.05) is 32.0 Å². The molecule has 7 nitrogen and oxygen atoms in total. The second-order valence-corrected chi connectivity index (χ2v) is 7.66. The molecule has 2 N–H and O–H groups in total. The van der Waals surface area contributed by atoms with Gasteiger partial charge in [0.1, 0.15) is 6.54 Å². The minimum Gasteiger partial charge on any atom is -0.273 e. The van der Waals surface area contributed by atoms with Crippen molar-refractivity contribution in [2.45, 2.75) is 27.2 Å². The Morgan fingerprint density at radius 3 is 2.22 bits per heavy atom. The van der Waals surface area contributed by atoms with E-state index in [0.717, 1.165) is 16.1 Å². The van der Waals surface area contributed by atoms with Crippen molar-refractivity contribution in [2.24, 2.45) is 5.92 Å². The molecule has 128 valence electrons. The molecule has 0 heterocycles. The van der Waals surface area contributed by atoms with Gasteiger partial charge in [0.15, 0.2) is 0 Å². The van der Waals surface area contributed by atoms with Gasteiger partial charge >= 0.3 is 0 Å². The van der Waals surface area contributed by atoms with Gasteiger partial charge < -0.3 is 0 Å². The molecule has 0 radical (unpaired) electrons. The molecule has 8 heteroatoms. The first-order valence-electron chi connectivity index (χ1n) is 7.22. The first-order chi connectivity index (χ1) is 10.6. The maximum atomic E-state index is 12.0. The van der Waals surface area contributed by atoms with Crippen molar-refractivity contribution >= 4 is 27.5 Å². The number of amides is 2. The predicted molar refractivity (Wildman–Crippen MR) is 89.1 cm³/mol. The number of nitrogens with zero attached hydrogens (tertiary/aromatic N) is 1. The van der Waals surface area contributed by atoms with E-state index < -0.39 is 22.5 Å². The van der Waals surface area contributed by atoms with Crippen LogP contribution in [0.5, 0.6) is 0 Å². The van der Waals surface area contributed by atoms with Gasteiger partial charge in [0.2, 0.25) is 15.9 Å². The number of aryl methyl sites for hydroxylation is 1. The van der Waals surface area contributed by atoms with Crippen LogP contribution in [0.3, 0.4) is 0 Å². The highest BCUT2D eigenvalue weighted by atomic mass is 32.2. The molecule has 23 heavy (non-hydrogen) atoms. The fraction of sp³-hybridized carbons (Fsp3) is 0.467. The molecule has 0 bridgehead atoms. The Labute approximate surface area is 137 Å². The van der Waals surface area contributed by atoms with Gasteiger partial charge in [0.25, 0.3) is 5.91 Å². The first kappa shape index (κ1) is 19.0. The average molecular weight is 341 g/mol. The molecule has 0 unspecified atom stereocenters. The smallest absolute Gasteiger partial charge is 0.259 e. The number of rotatable bonds is 6. The Kier molecular flexibility index (Phi) is 6.56. The molecule has 1 rings (SSSR count). The summed E-state index contributed by atoms with van der Waals surface area (Å²) in [5.74, 6) is -0.780. The Morgan fingerprint density at radius 1 is 1.13 bits per heavy atom. The second kappa shape index (κ2) is 7.96. The van der Waals surface area contributed by atoms with E-state index in [-0.39, 0.29) is 18.2 Å². The van der Waals surface area contributed by atoms with Gasteiger partial charge in [0, 0.05) is 6.42 Å². The predicted octanol–water partition coefficient (Wildman–Crippen LogP) is 0.955. The van der Waals surface area contributed by atoms with Crippen LogP contribution < -0.4 is 15.2 Å². The topological polar surface area (TPSA) is 95.6 Å². The molecule has 0 spiro atoms. The number of sulfonamides is 1. The fourth-order valence-electron chi connectivity index (χ4n) is 1.96. The van der Waals surface area contributed by atoms with Crippen LogP contribution >= 0.6 is 0 Å². The standard InChI is InChI=1S/C15H23N3O4S/c1-11(2)9-14(19)16-17-15(20)10-18(23(4,21)22)13-8-6-5-7-12(13)3/h5-8,11H,9-10H2,1-4H3,(H,16,19)(H,17,20). The number of hydrazine groups is 1. The molecule has 1 aromatic rings. The normalized spacial score (nSPS) is 11.2. The van der Waals surface area contributed by atoms with Crippen LogP contribution in [0.1, 0.15) is 25.8 Å². The summed E-state index contributed by atoms with van der Waals surface area (Å²) < 4.78 is 24.9.